The molecule has 0 spiro atoms. The number of hydrogen-bond acceptors (Lipinski definition) is 11. The van der Waals surface area contributed by atoms with Crippen LogP contribution in [0.3, 0.4) is 0 Å². The molecule has 274 valence electrons. The number of esters is 1. The fourth-order valence-electron chi connectivity index (χ4n) is 7.37. The van der Waals surface area contributed by atoms with E-state index < -0.39 is 5.97 Å². The summed E-state index contributed by atoms with van der Waals surface area (Å²) in [6, 6.07) is 11.5. The number of hydrogen-bond donors (Lipinski definition) is 2. The number of methoxy groups -OCH3 is 3. The number of rotatable bonds is 15. The molecule has 52 heavy (non-hydrogen) atoms. The van der Waals surface area contributed by atoms with Crippen LogP contribution in [0.15, 0.2) is 36.4 Å². The Balaban J connectivity index is 0.971. The third-order valence-corrected chi connectivity index (χ3v) is 9.92. The number of carbonyl (C=O) groups excluding carboxylic acids is 2. The molecule has 0 saturated heterocycles. The number of nitrogens with zero attached hydrogens (tertiary/aromatic N) is 1. The predicted molar refractivity (Wildman–Crippen MR) is 195 cm³/mol. The Morgan fingerprint density at radius 1 is 0.731 bits per heavy atom. The van der Waals surface area contributed by atoms with Crippen LogP contribution in [0.25, 0.3) is 22.0 Å². The van der Waals surface area contributed by atoms with Crippen molar-refractivity contribution in [3.8, 4) is 45.6 Å². The van der Waals surface area contributed by atoms with Gasteiger partial charge in [0, 0.05) is 41.0 Å². The van der Waals surface area contributed by atoms with Crippen molar-refractivity contribution < 1.29 is 42.7 Å². The topological polar surface area (TPSA) is 136 Å². The van der Waals surface area contributed by atoms with Gasteiger partial charge >= 0.3 is 5.97 Å². The van der Waals surface area contributed by atoms with Crippen LogP contribution in [0.5, 0.6) is 34.5 Å². The first-order valence-electron chi connectivity index (χ1n) is 18.1. The molecule has 3 aromatic carbocycles. The molecule has 0 unspecified atom stereocenters. The maximum Gasteiger partial charge on any atom is 0.338 e. The number of pyridine rings is 1. The van der Waals surface area contributed by atoms with E-state index in [1.807, 2.05) is 0 Å². The third-order valence-electron chi connectivity index (χ3n) is 9.92. The van der Waals surface area contributed by atoms with Gasteiger partial charge in [-0.15, -0.1) is 0 Å². The summed E-state index contributed by atoms with van der Waals surface area (Å²) in [5.41, 5.74) is 5.94. The minimum atomic E-state index is -0.651. The first-order valence-corrected chi connectivity index (χ1v) is 18.1. The molecule has 0 fully saturated rings. The highest BCUT2D eigenvalue weighted by molar-refractivity contribution is 6.10. The lowest BCUT2D eigenvalue weighted by atomic mass is 9.91. The van der Waals surface area contributed by atoms with Gasteiger partial charge in [0.2, 0.25) is 25.1 Å². The van der Waals surface area contributed by atoms with Crippen LogP contribution in [0.4, 0.5) is 5.69 Å². The predicted octanol–water partition coefficient (Wildman–Crippen LogP) is 7.22. The summed E-state index contributed by atoms with van der Waals surface area (Å²) in [4.78, 5) is 32.0. The number of benzene rings is 3. The number of fused-ring (bicyclic) bond motifs is 4. The lowest BCUT2D eigenvalue weighted by molar-refractivity contribution is 0.0600. The first-order chi connectivity index (χ1) is 25.5. The molecule has 4 aromatic rings. The second-order valence-electron chi connectivity index (χ2n) is 13.1. The maximum atomic E-state index is 13.9. The van der Waals surface area contributed by atoms with E-state index in [2.05, 4.69) is 34.9 Å². The van der Waals surface area contributed by atoms with Crippen molar-refractivity contribution in [2.24, 2.45) is 0 Å². The van der Waals surface area contributed by atoms with E-state index in [0.717, 1.165) is 63.4 Å². The summed E-state index contributed by atoms with van der Waals surface area (Å²) >= 11 is 0. The van der Waals surface area contributed by atoms with Gasteiger partial charge in [0.05, 0.1) is 38.0 Å². The van der Waals surface area contributed by atoms with Crippen molar-refractivity contribution in [1.82, 2.24) is 10.3 Å². The summed E-state index contributed by atoms with van der Waals surface area (Å²) < 4.78 is 39.4. The fourth-order valence-corrected chi connectivity index (χ4v) is 7.37. The zero-order valence-electron chi connectivity index (χ0n) is 30.0. The summed E-state index contributed by atoms with van der Waals surface area (Å²) in [6.45, 7) is 1.22. The SMILES string of the molecule is COC(=O)c1cc(OC)c2c(c1-c1c(C(=O)NCCCCCCCCNc3c4c(nc5ccccc35)CCCC4)cc(OC)c3c1OCO3)OCO2. The van der Waals surface area contributed by atoms with Crippen LogP contribution >= 0.6 is 0 Å². The number of para-hydroxylation sites is 1. The van der Waals surface area contributed by atoms with Gasteiger partial charge in [-0.2, -0.15) is 0 Å². The number of aromatic nitrogens is 1. The molecular weight excluding hydrogens is 666 g/mol. The monoisotopic (exact) mass is 711 g/mol. The lowest BCUT2D eigenvalue weighted by Gasteiger charge is -2.21. The molecule has 1 aliphatic carbocycles. The van der Waals surface area contributed by atoms with Crippen LogP contribution < -0.4 is 39.1 Å². The molecular formula is C40H45N3O9. The number of nitrogens with one attached hydrogen (secondary N) is 2. The van der Waals surface area contributed by atoms with Gasteiger partial charge in [0.15, 0.2) is 23.0 Å². The van der Waals surface area contributed by atoms with Crippen molar-refractivity contribution in [2.75, 3.05) is 53.3 Å². The molecule has 0 atom stereocenters. The summed E-state index contributed by atoms with van der Waals surface area (Å²) in [5, 5.41) is 8.04. The third kappa shape index (κ3) is 6.81. The van der Waals surface area contributed by atoms with E-state index in [4.69, 9.17) is 38.1 Å². The number of ether oxygens (including phenoxy) is 7. The van der Waals surface area contributed by atoms with E-state index in [0.29, 0.717) is 35.1 Å². The van der Waals surface area contributed by atoms with Crippen molar-refractivity contribution >= 4 is 28.5 Å². The molecule has 3 aliphatic rings. The maximum absolute atomic E-state index is 13.9. The van der Waals surface area contributed by atoms with Gasteiger partial charge in [-0.25, -0.2) is 4.79 Å². The first kappa shape index (κ1) is 35.0. The Labute approximate surface area is 303 Å². The van der Waals surface area contributed by atoms with Crippen molar-refractivity contribution in [3.63, 3.8) is 0 Å². The second kappa shape index (κ2) is 15.9. The van der Waals surface area contributed by atoms with Crippen molar-refractivity contribution in [3.05, 3.63) is 58.8 Å². The normalized spacial score (nSPS) is 13.8. The van der Waals surface area contributed by atoms with Gasteiger partial charge in [0.25, 0.3) is 5.91 Å². The second-order valence-corrected chi connectivity index (χ2v) is 13.1. The van der Waals surface area contributed by atoms with Crippen LogP contribution in [0, 0.1) is 0 Å². The minimum absolute atomic E-state index is 0.0916. The molecule has 7 rings (SSSR count). The standard InChI is InChI=1S/C40H45N3O9/c1-46-30-20-26(32(37-35(30)49-22-51-37)33-27(40(45)48-3)21-31(47-2)36-38(33)52-23-50-36)39(44)42-19-13-7-5-4-6-12-18-41-34-24-14-8-10-16-28(24)43-29-17-11-9-15-25(29)34/h8,10,14,16,20-21H,4-7,9,11-13,15,17-19,22-23H2,1-3H3,(H,41,43)(H,42,44). The zero-order valence-corrected chi connectivity index (χ0v) is 30.0. The van der Waals surface area contributed by atoms with Crippen molar-refractivity contribution in [1.29, 1.82) is 0 Å². The molecule has 2 N–H and O–H groups in total. The molecule has 12 nitrogen and oxygen atoms in total. The molecule has 0 saturated carbocycles. The number of aryl methyl sites for hydroxylation is 1. The molecule has 0 bridgehead atoms. The fraction of sp³-hybridized carbons (Fsp3) is 0.425. The van der Waals surface area contributed by atoms with E-state index in [1.54, 1.807) is 6.07 Å². The van der Waals surface area contributed by atoms with Gasteiger partial charge in [0.1, 0.15) is 0 Å². The summed E-state index contributed by atoms with van der Waals surface area (Å²) in [6.07, 6.45) is 10.8. The number of carbonyl (C=O) groups is 2. The smallest absolute Gasteiger partial charge is 0.338 e. The van der Waals surface area contributed by atoms with Crippen molar-refractivity contribution in [2.45, 2.75) is 64.2 Å². The van der Waals surface area contributed by atoms with Gasteiger partial charge < -0.3 is 43.8 Å². The Bertz CT molecular complexity index is 1980. The number of unbranched alkanes of at least 4 members (excludes halogenated alkanes) is 5. The Morgan fingerprint density at radius 3 is 2.02 bits per heavy atom. The van der Waals surface area contributed by atoms with Crippen LogP contribution in [0.1, 0.15) is 83.3 Å². The molecule has 3 heterocycles. The van der Waals surface area contributed by atoms with Gasteiger partial charge in [-0.1, -0.05) is 43.9 Å². The van der Waals surface area contributed by atoms with E-state index in [-0.39, 0.29) is 47.7 Å². The van der Waals surface area contributed by atoms with Crippen LogP contribution in [-0.2, 0) is 17.6 Å². The summed E-state index contributed by atoms with van der Waals surface area (Å²) in [7, 11) is 4.24. The lowest BCUT2D eigenvalue weighted by Crippen LogP contribution is -2.25. The highest BCUT2D eigenvalue weighted by Crippen LogP contribution is 2.56. The Hall–Kier alpha value is -5.39. The van der Waals surface area contributed by atoms with Gasteiger partial charge in [-0.3, -0.25) is 9.78 Å². The molecule has 1 amide bonds. The molecule has 2 aliphatic heterocycles. The average molecular weight is 712 g/mol. The van der Waals surface area contributed by atoms with E-state index >= 15 is 0 Å². The highest BCUT2D eigenvalue weighted by atomic mass is 16.7. The molecule has 0 radical (unpaired) electrons. The number of anilines is 1. The Kier molecular flexibility index (Phi) is 10.7. The number of amides is 1. The summed E-state index contributed by atoms with van der Waals surface area (Å²) in [5.74, 6) is 0.726. The van der Waals surface area contributed by atoms with E-state index in [9.17, 15) is 9.59 Å². The molecule has 1 aromatic heterocycles. The largest absolute Gasteiger partial charge is 0.493 e. The zero-order chi connectivity index (χ0) is 36.0. The van der Waals surface area contributed by atoms with Crippen LogP contribution in [0.2, 0.25) is 0 Å². The highest BCUT2D eigenvalue weighted by Gasteiger charge is 2.37. The molecule has 12 heteroatoms. The van der Waals surface area contributed by atoms with Crippen LogP contribution in [-0.4, -0.2) is 64.9 Å². The van der Waals surface area contributed by atoms with E-state index in [1.165, 1.54) is 62.6 Å². The Morgan fingerprint density at radius 2 is 1.33 bits per heavy atom. The quantitative estimate of drug-likeness (QED) is 0.0956. The minimum Gasteiger partial charge on any atom is -0.493 e. The van der Waals surface area contributed by atoms with Gasteiger partial charge in [-0.05, 0) is 62.3 Å². The average Bonchev–Trinajstić information content (AvgIpc) is 3.88.